The first-order valence-corrected chi connectivity index (χ1v) is 15.3. The van der Waals surface area contributed by atoms with E-state index in [4.69, 9.17) is 16.2 Å². The molecule has 1 aliphatic heterocycles. The van der Waals surface area contributed by atoms with Crippen LogP contribution in [0.2, 0.25) is 0 Å². The van der Waals surface area contributed by atoms with Crippen molar-refractivity contribution in [3.8, 4) is 0 Å². The van der Waals surface area contributed by atoms with Crippen molar-refractivity contribution in [3.05, 3.63) is 88.4 Å². The van der Waals surface area contributed by atoms with E-state index in [1.165, 1.54) is 22.4 Å². The van der Waals surface area contributed by atoms with Gasteiger partial charge in [0.2, 0.25) is 17.6 Å². The standard InChI is InChI=1S/C31H37N7O5S/c32-30(33)35-15-7-13-23(26(39)28-34-16-18-44-28)36-27(40)25-14-8-17-38(25)29(41)24(19-21-9-3-1-4-10-21)37-31(42)43-20-22-11-5-2-6-12-22/h1-6,9-12,16,18,23-25H,7-8,13-15,17,19-20H2,(H,36,40)(H,37,42)(H4,32,33,35)/t23-,24-,25+/m1/s1. The number of hydrogen-bond acceptors (Lipinski definition) is 8. The maximum atomic E-state index is 13.9. The molecule has 1 fully saturated rings. The molecule has 13 heteroatoms. The number of nitrogens with one attached hydrogen (secondary N) is 2. The molecule has 0 spiro atoms. The van der Waals surface area contributed by atoms with E-state index in [1.807, 2.05) is 60.7 Å². The van der Waals surface area contributed by atoms with Crippen LogP contribution in [0.3, 0.4) is 0 Å². The van der Waals surface area contributed by atoms with Gasteiger partial charge in [0.1, 0.15) is 18.7 Å². The maximum absolute atomic E-state index is 13.9. The van der Waals surface area contributed by atoms with Crippen LogP contribution in [-0.4, -0.2) is 70.7 Å². The highest BCUT2D eigenvalue weighted by molar-refractivity contribution is 7.11. The average Bonchev–Trinajstić information content (AvgIpc) is 3.75. The minimum absolute atomic E-state index is 0.0470. The van der Waals surface area contributed by atoms with E-state index in [-0.39, 0.29) is 36.2 Å². The zero-order chi connectivity index (χ0) is 31.3. The summed E-state index contributed by atoms with van der Waals surface area (Å²) in [4.78, 5) is 63.0. The van der Waals surface area contributed by atoms with Crippen LogP contribution in [0.4, 0.5) is 4.79 Å². The van der Waals surface area contributed by atoms with Crippen molar-refractivity contribution in [2.24, 2.45) is 16.5 Å². The van der Waals surface area contributed by atoms with E-state index in [9.17, 15) is 19.2 Å². The highest BCUT2D eigenvalue weighted by Crippen LogP contribution is 2.21. The Morgan fingerprint density at radius 3 is 2.36 bits per heavy atom. The topological polar surface area (TPSA) is 182 Å². The predicted molar refractivity (Wildman–Crippen MR) is 167 cm³/mol. The van der Waals surface area contributed by atoms with Gasteiger partial charge in [-0.1, -0.05) is 60.7 Å². The number of ether oxygens (including phenoxy) is 1. The molecule has 3 amide bonds. The highest BCUT2D eigenvalue weighted by Gasteiger charge is 2.39. The molecule has 0 radical (unpaired) electrons. The fourth-order valence-corrected chi connectivity index (χ4v) is 5.63. The number of ketones is 1. The minimum atomic E-state index is -0.971. The van der Waals surface area contributed by atoms with Crippen LogP contribution in [-0.2, 0) is 27.4 Å². The fourth-order valence-electron chi connectivity index (χ4n) is 4.99. The lowest BCUT2D eigenvalue weighted by Gasteiger charge is -2.29. The Morgan fingerprint density at radius 1 is 1.00 bits per heavy atom. The molecule has 2 aromatic carbocycles. The Labute approximate surface area is 259 Å². The molecule has 3 atom stereocenters. The van der Waals surface area contributed by atoms with Crippen molar-refractivity contribution in [2.45, 2.75) is 56.8 Å². The number of nitrogens with two attached hydrogens (primary N) is 2. The summed E-state index contributed by atoms with van der Waals surface area (Å²) < 4.78 is 5.39. The third-order valence-corrected chi connectivity index (χ3v) is 7.93. The number of thiazole rings is 1. The van der Waals surface area contributed by atoms with Crippen LogP contribution >= 0.6 is 11.3 Å². The van der Waals surface area contributed by atoms with Crippen molar-refractivity contribution >= 4 is 41.0 Å². The quantitative estimate of drug-likeness (QED) is 0.0918. The molecule has 0 unspecified atom stereocenters. The number of carbonyl (C=O) groups is 4. The molecule has 0 saturated carbocycles. The number of amides is 3. The summed E-state index contributed by atoms with van der Waals surface area (Å²) in [5.41, 5.74) is 12.5. The minimum Gasteiger partial charge on any atom is -0.445 e. The maximum Gasteiger partial charge on any atom is 0.408 e. The lowest BCUT2D eigenvalue weighted by Crippen LogP contribution is -2.55. The van der Waals surface area contributed by atoms with Gasteiger partial charge < -0.3 is 31.7 Å². The Hall–Kier alpha value is -4.78. The lowest BCUT2D eigenvalue weighted by atomic mass is 10.0. The number of carbonyl (C=O) groups excluding carboxylic acids is 4. The van der Waals surface area contributed by atoms with Gasteiger partial charge in [-0.05, 0) is 36.8 Å². The second-order valence-electron chi connectivity index (χ2n) is 10.3. The van der Waals surface area contributed by atoms with Gasteiger partial charge >= 0.3 is 6.09 Å². The van der Waals surface area contributed by atoms with Gasteiger partial charge in [0, 0.05) is 31.1 Å². The number of alkyl carbamates (subject to hydrolysis) is 1. The summed E-state index contributed by atoms with van der Waals surface area (Å²) in [6, 6.07) is 15.9. The number of guanidine groups is 1. The van der Waals surface area contributed by atoms with E-state index < -0.39 is 36.0 Å². The van der Waals surface area contributed by atoms with Crippen molar-refractivity contribution < 1.29 is 23.9 Å². The molecule has 0 aliphatic carbocycles. The van der Waals surface area contributed by atoms with E-state index in [0.717, 1.165) is 11.1 Å². The van der Waals surface area contributed by atoms with E-state index in [1.54, 1.807) is 5.38 Å². The Bertz CT molecular complexity index is 1420. The van der Waals surface area contributed by atoms with Crippen LogP contribution in [0.25, 0.3) is 0 Å². The largest absolute Gasteiger partial charge is 0.445 e. The average molecular weight is 620 g/mol. The SMILES string of the molecule is NC(N)=NCCC[C@@H](NC(=O)[C@@H]1CCCN1C(=O)[C@@H](Cc1ccccc1)NC(=O)OCc1ccccc1)C(=O)c1nccs1. The van der Waals surface area contributed by atoms with Crippen LogP contribution in [0, 0.1) is 0 Å². The first kappa shape index (κ1) is 32.1. The smallest absolute Gasteiger partial charge is 0.408 e. The number of aliphatic imine (C=N–C) groups is 1. The number of nitrogens with zero attached hydrogens (tertiary/aromatic N) is 3. The third kappa shape index (κ3) is 9.36. The molecule has 1 saturated heterocycles. The van der Waals surface area contributed by atoms with Crippen molar-refractivity contribution in [1.82, 2.24) is 20.5 Å². The van der Waals surface area contributed by atoms with Gasteiger partial charge in [-0.3, -0.25) is 19.4 Å². The molecule has 232 valence electrons. The van der Waals surface area contributed by atoms with Crippen molar-refractivity contribution in [2.75, 3.05) is 13.1 Å². The molecule has 1 aliphatic rings. The second-order valence-corrected chi connectivity index (χ2v) is 11.2. The molecular formula is C31H37N7O5S. The van der Waals surface area contributed by atoms with Crippen LogP contribution in [0.5, 0.6) is 0 Å². The van der Waals surface area contributed by atoms with Crippen LogP contribution in [0.1, 0.15) is 46.6 Å². The molecule has 3 aromatic rings. The first-order chi connectivity index (χ1) is 21.3. The fraction of sp³-hybridized carbons (Fsp3) is 0.355. The second kappa shape index (κ2) is 16.2. The van der Waals surface area contributed by atoms with Crippen molar-refractivity contribution in [3.63, 3.8) is 0 Å². The van der Waals surface area contributed by atoms with Crippen LogP contribution < -0.4 is 22.1 Å². The van der Waals surface area contributed by atoms with Gasteiger partial charge in [0.25, 0.3) is 0 Å². The first-order valence-electron chi connectivity index (χ1n) is 14.4. The monoisotopic (exact) mass is 619 g/mol. The normalized spacial score (nSPS) is 15.5. The van der Waals surface area contributed by atoms with Gasteiger partial charge in [-0.2, -0.15) is 0 Å². The predicted octanol–water partition coefficient (Wildman–Crippen LogP) is 2.39. The Kier molecular flexibility index (Phi) is 11.8. The summed E-state index contributed by atoms with van der Waals surface area (Å²) in [5, 5.41) is 7.53. The summed E-state index contributed by atoms with van der Waals surface area (Å²) in [6.07, 6.45) is 2.74. The number of Topliss-reactive ketones (excluding diaryl/α,β-unsaturated/α-hetero) is 1. The highest BCUT2D eigenvalue weighted by atomic mass is 32.1. The zero-order valence-electron chi connectivity index (χ0n) is 24.3. The molecular weight excluding hydrogens is 582 g/mol. The molecule has 44 heavy (non-hydrogen) atoms. The van der Waals surface area contributed by atoms with Gasteiger partial charge in [-0.25, -0.2) is 9.78 Å². The number of benzene rings is 2. The Balaban J connectivity index is 1.46. The summed E-state index contributed by atoms with van der Waals surface area (Å²) >= 11 is 1.19. The van der Waals surface area contributed by atoms with E-state index >= 15 is 0 Å². The molecule has 6 N–H and O–H groups in total. The number of rotatable bonds is 14. The lowest BCUT2D eigenvalue weighted by molar-refractivity contribution is -0.140. The Morgan fingerprint density at radius 2 is 1.70 bits per heavy atom. The van der Waals surface area contributed by atoms with E-state index in [0.29, 0.717) is 32.4 Å². The van der Waals surface area contributed by atoms with Crippen molar-refractivity contribution in [1.29, 1.82) is 0 Å². The number of likely N-dealkylation sites (tertiary alicyclic amines) is 1. The number of aromatic nitrogens is 1. The third-order valence-electron chi connectivity index (χ3n) is 7.15. The summed E-state index contributed by atoms with van der Waals surface area (Å²) in [7, 11) is 0. The summed E-state index contributed by atoms with van der Waals surface area (Å²) in [6.45, 7) is 0.672. The van der Waals surface area contributed by atoms with Gasteiger partial charge in [0.15, 0.2) is 11.0 Å². The molecule has 12 nitrogen and oxygen atoms in total. The molecule has 0 bridgehead atoms. The summed E-state index contributed by atoms with van der Waals surface area (Å²) in [5.74, 6) is -1.23. The van der Waals surface area contributed by atoms with Gasteiger partial charge in [0.05, 0.1) is 6.04 Å². The van der Waals surface area contributed by atoms with Gasteiger partial charge in [-0.15, -0.1) is 11.3 Å². The van der Waals surface area contributed by atoms with E-state index in [2.05, 4.69) is 20.6 Å². The molecule has 4 rings (SSSR count). The number of hydrogen-bond donors (Lipinski definition) is 4. The van der Waals surface area contributed by atoms with Crippen LogP contribution in [0.15, 0.2) is 77.2 Å². The molecule has 2 heterocycles. The zero-order valence-corrected chi connectivity index (χ0v) is 25.1. The molecule has 1 aromatic heterocycles.